The highest BCUT2D eigenvalue weighted by molar-refractivity contribution is 7.75. The highest BCUT2D eigenvalue weighted by atomic mass is 35.5. The van der Waals surface area contributed by atoms with E-state index in [1.807, 2.05) is 6.07 Å². The summed E-state index contributed by atoms with van der Waals surface area (Å²) in [7, 11) is -2.67. The third-order valence-electron chi connectivity index (χ3n) is 5.15. The number of aromatic nitrogens is 2. The van der Waals surface area contributed by atoms with Gasteiger partial charge in [0.1, 0.15) is 5.69 Å². The zero-order valence-corrected chi connectivity index (χ0v) is 20.1. The molecule has 2 heterocycles. The van der Waals surface area contributed by atoms with Gasteiger partial charge in [-0.2, -0.15) is 9.99 Å². The van der Waals surface area contributed by atoms with Crippen molar-refractivity contribution in [3.63, 3.8) is 0 Å². The topological polar surface area (TPSA) is 122 Å². The molecule has 0 spiro atoms. The number of nitrogens with zero attached hydrogens (tertiary/aromatic N) is 2. The molecule has 1 amide bonds. The number of halogens is 2. The Morgan fingerprint density at radius 2 is 2.03 bits per heavy atom. The van der Waals surface area contributed by atoms with Crippen molar-refractivity contribution in [2.45, 2.75) is 6.54 Å². The Hall–Kier alpha value is -3.34. The first-order valence-corrected chi connectivity index (χ1v) is 12.3. The van der Waals surface area contributed by atoms with Crippen LogP contribution in [-0.2, 0) is 15.6 Å². The third kappa shape index (κ3) is 4.52. The lowest BCUT2D eigenvalue weighted by Crippen LogP contribution is -2.31. The smallest absolute Gasteiger partial charge is 0.268 e. The molecule has 0 saturated carbocycles. The van der Waals surface area contributed by atoms with Crippen LogP contribution in [-0.4, -0.2) is 18.0 Å². The van der Waals surface area contributed by atoms with Crippen LogP contribution < -0.4 is 20.7 Å². The predicted molar refractivity (Wildman–Crippen MR) is 130 cm³/mol. The van der Waals surface area contributed by atoms with Crippen molar-refractivity contribution in [3.8, 4) is 6.07 Å². The molecule has 0 radical (unpaired) electrons. The Balaban J connectivity index is 1.87. The molecule has 4 rings (SSSR count). The van der Waals surface area contributed by atoms with Crippen LogP contribution >= 0.6 is 30.6 Å². The normalized spacial score (nSPS) is 12.8. The minimum atomic E-state index is -3.92. The molecule has 0 aliphatic rings. The molecule has 34 heavy (non-hydrogen) atoms. The van der Waals surface area contributed by atoms with Gasteiger partial charge in [-0.15, -0.1) is 0 Å². The number of aromatic amines is 1. The Morgan fingerprint density at radius 1 is 1.24 bits per heavy atom. The van der Waals surface area contributed by atoms with E-state index in [1.54, 1.807) is 30.3 Å². The zero-order valence-electron chi connectivity index (χ0n) is 17.7. The summed E-state index contributed by atoms with van der Waals surface area (Å²) in [6.45, 7) is 0.0600. The average Bonchev–Trinajstić information content (AvgIpc) is 3.21. The second-order valence-electron chi connectivity index (χ2n) is 7.34. The van der Waals surface area contributed by atoms with E-state index >= 15 is 0 Å². The van der Waals surface area contributed by atoms with E-state index < -0.39 is 13.3 Å². The van der Waals surface area contributed by atoms with E-state index in [0.29, 0.717) is 26.2 Å². The molecule has 2 aromatic heterocycles. The monoisotopic (exact) mass is 514 g/mol. The van der Waals surface area contributed by atoms with Crippen molar-refractivity contribution in [1.29, 1.82) is 5.26 Å². The molecule has 172 valence electrons. The lowest BCUT2D eigenvalue weighted by Gasteiger charge is -2.19. The maximum Gasteiger partial charge on any atom is 0.268 e. The van der Waals surface area contributed by atoms with Gasteiger partial charge in [0.25, 0.3) is 13.3 Å². The Bertz CT molecular complexity index is 1510. The van der Waals surface area contributed by atoms with Crippen LogP contribution in [0.5, 0.6) is 0 Å². The SMILES string of the molecule is COP(=O)(c1cc(Cl)cc(C#N)c1)c1c(C(=O)NCc2ccc[n+]([O-])c2)[nH]c2ccc(Cl)cc12. The largest absolute Gasteiger partial charge is 0.619 e. The van der Waals surface area contributed by atoms with Crippen LogP contribution in [0.4, 0.5) is 0 Å². The number of hydrogen-bond donors (Lipinski definition) is 2. The number of amides is 1. The number of H-pyrrole nitrogens is 1. The predicted octanol–water partition coefficient (Wildman–Crippen LogP) is 3.79. The number of carbonyl (C=O) groups excluding carboxylic acids is 1. The summed E-state index contributed by atoms with van der Waals surface area (Å²) in [4.78, 5) is 16.3. The standard InChI is InChI=1S/C23H17Cl2N4O4P/c1-33-34(32,18-8-15(11-26)7-17(25)9-18)22-19-10-16(24)4-5-20(19)28-21(22)23(30)27-12-14-3-2-6-29(31)13-14/h2-10,13,28H,12H2,1H3,(H,27,30). The molecule has 4 aromatic rings. The van der Waals surface area contributed by atoms with Crippen LogP contribution in [0.25, 0.3) is 10.9 Å². The number of benzene rings is 2. The number of nitrogens with one attached hydrogen (secondary N) is 2. The average molecular weight is 515 g/mol. The van der Waals surface area contributed by atoms with Gasteiger partial charge in [-0.05, 0) is 42.5 Å². The molecule has 2 aromatic carbocycles. The minimum absolute atomic E-state index is 0.00636. The quantitative estimate of drug-likeness (QED) is 0.230. The molecule has 2 N–H and O–H groups in total. The summed E-state index contributed by atoms with van der Waals surface area (Å²) in [5.74, 6) is -0.566. The van der Waals surface area contributed by atoms with Crippen LogP contribution in [0.15, 0.2) is 60.9 Å². The molecule has 0 saturated heterocycles. The molecule has 11 heteroatoms. The summed E-state index contributed by atoms with van der Waals surface area (Å²) in [5.41, 5.74) is 1.29. The lowest BCUT2D eigenvalue weighted by molar-refractivity contribution is -0.605. The molecule has 1 atom stereocenters. The lowest BCUT2D eigenvalue weighted by atomic mass is 10.2. The Kier molecular flexibility index (Phi) is 6.65. The van der Waals surface area contributed by atoms with Crippen molar-refractivity contribution >= 4 is 58.0 Å². The molecular weight excluding hydrogens is 498 g/mol. The van der Waals surface area contributed by atoms with Gasteiger partial charge >= 0.3 is 0 Å². The van der Waals surface area contributed by atoms with Gasteiger partial charge in [0, 0.05) is 51.5 Å². The number of fused-ring (bicyclic) bond motifs is 1. The molecule has 0 aliphatic heterocycles. The second kappa shape index (κ2) is 9.49. The van der Waals surface area contributed by atoms with E-state index in [1.165, 1.54) is 37.7 Å². The van der Waals surface area contributed by atoms with E-state index in [2.05, 4.69) is 10.3 Å². The number of carbonyl (C=O) groups is 1. The third-order valence-corrected chi connectivity index (χ3v) is 8.11. The molecule has 8 nitrogen and oxygen atoms in total. The van der Waals surface area contributed by atoms with E-state index in [0.717, 1.165) is 0 Å². The van der Waals surface area contributed by atoms with Crippen LogP contribution in [0.1, 0.15) is 21.6 Å². The Labute approximate surface area is 204 Å². The second-order valence-corrected chi connectivity index (χ2v) is 10.6. The highest BCUT2D eigenvalue weighted by Gasteiger charge is 2.36. The van der Waals surface area contributed by atoms with Gasteiger partial charge in [-0.1, -0.05) is 23.2 Å². The van der Waals surface area contributed by atoms with Crippen molar-refractivity contribution in [2.75, 3.05) is 7.11 Å². The fraction of sp³-hybridized carbons (Fsp3) is 0.0870. The zero-order chi connectivity index (χ0) is 24.5. The summed E-state index contributed by atoms with van der Waals surface area (Å²) in [6.07, 6.45) is 2.67. The first-order valence-electron chi connectivity index (χ1n) is 9.90. The fourth-order valence-corrected chi connectivity index (χ4v) is 6.34. The summed E-state index contributed by atoms with van der Waals surface area (Å²) < 4.78 is 20.5. The molecule has 0 bridgehead atoms. The van der Waals surface area contributed by atoms with Gasteiger partial charge in [0.2, 0.25) is 0 Å². The van der Waals surface area contributed by atoms with E-state index in [9.17, 15) is 19.8 Å². The van der Waals surface area contributed by atoms with Crippen molar-refractivity contribution in [2.24, 2.45) is 0 Å². The van der Waals surface area contributed by atoms with Crippen molar-refractivity contribution < 1.29 is 18.6 Å². The number of rotatable bonds is 6. The highest BCUT2D eigenvalue weighted by Crippen LogP contribution is 2.47. The van der Waals surface area contributed by atoms with Gasteiger partial charge in [0.15, 0.2) is 12.4 Å². The fourth-order valence-electron chi connectivity index (χ4n) is 3.63. The number of nitriles is 1. The number of hydrogen-bond acceptors (Lipinski definition) is 5. The Morgan fingerprint density at radius 3 is 2.74 bits per heavy atom. The van der Waals surface area contributed by atoms with Crippen molar-refractivity contribution in [3.05, 3.63) is 93.0 Å². The molecular formula is C23H17Cl2N4O4P. The van der Waals surface area contributed by atoms with Gasteiger partial charge in [-0.25, -0.2) is 0 Å². The van der Waals surface area contributed by atoms with Gasteiger partial charge in [-0.3, -0.25) is 9.36 Å². The van der Waals surface area contributed by atoms with Crippen LogP contribution in [0.2, 0.25) is 10.0 Å². The van der Waals surface area contributed by atoms with E-state index in [4.69, 9.17) is 27.7 Å². The maximum absolute atomic E-state index is 14.4. The van der Waals surface area contributed by atoms with Crippen LogP contribution in [0.3, 0.4) is 0 Å². The number of pyridine rings is 1. The minimum Gasteiger partial charge on any atom is -0.619 e. The summed E-state index contributed by atoms with van der Waals surface area (Å²) in [5, 5.41) is 24.9. The van der Waals surface area contributed by atoms with Gasteiger partial charge < -0.3 is 20.0 Å². The van der Waals surface area contributed by atoms with Gasteiger partial charge in [0.05, 0.1) is 16.9 Å². The van der Waals surface area contributed by atoms with Crippen molar-refractivity contribution in [1.82, 2.24) is 10.3 Å². The first kappa shape index (κ1) is 23.8. The molecule has 1 unspecified atom stereocenters. The molecule has 0 aliphatic carbocycles. The molecule has 0 fully saturated rings. The summed E-state index contributed by atoms with van der Waals surface area (Å²) >= 11 is 12.4. The maximum atomic E-state index is 14.4. The van der Waals surface area contributed by atoms with Crippen LogP contribution in [0, 0.1) is 16.5 Å². The van der Waals surface area contributed by atoms with E-state index in [-0.39, 0.29) is 33.4 Å². The summed E-state index contributed by atoms with van der Waals surface area (Å²) in [6, 6.07) is 14.4. The first-order chi connectivity index (χ1) is 16.2.